The zero-order valence-electron chi connectivity index (χ0n) is 14.8. The van der Waals surface area contributed by atoms with Crippen LogP contribution in [-0.2, 0) is 11.7 Å². The molecule has 0 aliphatic rings. The first kappa shape index (κ1) is 18.0. The second kappa shape index (κ2) is 7.00. The van der Waals surface area contributed by atoms with Crippen LogP contribution in [0.15, 0.2) is 97.2 Å². The molecule has 0 fully saturated rings. The summed E-state index contributed by atoms with van der Waals surface area (Å²) < 4.78 is 41.2. The lowest BCUT2D eigenvalue weighted by Gasteiger charge is -2.36. The van der Waals surface area contributed by atoms with Crippen LogP contribution in [0.25, 0.3) is 0 Å². The van der Waals surface area contributed by atoms with Crippen molar-refractivity contribution in [1.29, 1.82) is 0 Å². The minimum Gasteiger partial charge on any atom is -0.252 e. The summed E-state index contributed by atoms with van der Waals surface area (Å²) in [6, 6.07) is 30.5. The summed E-state index contributed by atoms with van der Waals surface area (Å²) in [5, 5.41) is 3.92. The predicted octanol–water partition coefficient (Wildman–Crippen LogP) is 5.54. The van der Waals surface area contributed by atoms with Crippen molar-refractivity contribution in [2.75, 3.05) is 0 Å². The Hall–Kier alpha value is -3.34. The standard InChI is InChI=1S/C23H16F3N2/c24-23(25,26)21-16-17-28(27-21)22(18-10-4-1-5-11-18,19-12-6-2-7-13-19)20-14-8-3-9-15-20/h1-15,17H. The fraction of sp³-hybridized carbons (Fsp3) is 0.0870. The zero-order valence-corrected chi connectivity index (χ0v) is 14.8. The minimum atomic E-state index is -4.57. The Balaban J connectivity index is 2.09. The highest BCUT2D eigenvalue weighted by Crippen LogP contribution is 2.41. The number of nitrogens with zero attached hydrogens (tertiary/aromatic N) is 2. The molecule has 0 unspecified atom stereocenters. The van der Waals surface area contributed by atoms with Crippen molar-refractivity contribution in [2.45, 2.75) is 11.7 Å². The molecule has 139 valence electrons. The van der Waals surface area contributed by atoms with Gasteiger partial charge in [-0.05, 0) is 16.7 Å². The van der Waals surface area contributed by atoms with Crippen molar-refractivity contribution < 1.29 is 13.2 Å². The number of rotatable bonds is 4. The van der Waals surface area contributed by atoms with Gasteiger partial charge in [0.15, 0.2) is 5.69 Å². The average molecular weight is 377 g/mol. The van der Waals surface area contributed by atoms with Gasteiger partial charge in [-0.3, -0.25) is 4.68 Å². The molecule has 5 heteroatoms. The first-order chi connectivity index (χ1) is 13.5. The molecule has 0 aliphatic heterocycles. The fourth-order valence-electron chi connectivity index (χ4n) is 3.53. The third-order valence-electron chi connectivity index (χ3n) is 4.72. The van der Waals surface area contributed by atoms with Gasteiger partial charge in [0.1, 0.15) is 5.54 Å². The first-order valence-corrected chi connectivity index (χ1v) is 8.74. The lowest BCUT2D eigenvalue weighted by molar-refractivity contribution is -0.141. The third-order valence-corrected chi connectivity index (χ3v) is 4.72. The number of benzene rings is 3. The molecule has 0 saturated heterocycles. The normalized spacial score (nSPS) is 12.1. The van der Waals surface area contributed by atoms with Gasteiger partial charge in [0, 0.05) is 12.3 Å². The lowest BCUT2D eigenvalue weighted by atomic mass is 9.77. The molecule has 0 atom stereocenters. The molecule has 28 heavy (non-hydrogen) atoms. The summed E-state index contributed by atoms with van der Waals surface area (Å²) in [5.74, 6) is 0. The predicted molar refractivity (Wildman–Crippen MR) is 101 cm³/mol. The van der Waals surface area contributed by atoms with E-state index in [0.29, 0.717) is 0 Å². The molecule has 4 aromatic rings. The van der Waals surface area contributed by atoms with Crippen LogP contribution in [0.5, 0.6) is 0 Å². The van der Waals surface area contributed by atoms with Crippen molar-refractivity contribution in [3.63, 3.8) is 0 Å². The Morgan fingerprint density at radius 2 is 1.04 bits per heavy atom. The second-order valence-corrected chi connectivity index (χ2v) is 6.37. The van der Waals surface area contributed by atoms with Crippen molar-refractivity contribution in [3.8, 4) is 0 Å². The smallest absolute Gasteiger partial charge is 0.252 e. The van der Waals surface area contributed by atoms with E-state index >= 15 is 0 Å². The molecule has 3 aromatic carbocycles. The van der Waals surface area contributed by atoms with Crippen LogP contribution in [0, 0.1) is 6.07 Å². The minimum absolute atomic E-state index is 0.803. The number of halogens is 3. The molecule has 4 rings (SSSR count). The molecule has 0 aliphatic carbocycles. The Kier molecular flexibility index (Phi) is 4.51. The van der Waals surface area contributed by atoms with Gasteiger partial charge in [0.2, 0.25) is 0 Å². The average Bonchev–Trinajstić information content (AvgIpc) is 3.22. The van der Waals surface area contributed by atoms with E-state index in [0.717, 1.165) is 16.7 Å². The topological polar surface area (TPSA) is 17.8 Å². The van der Waals surface area contributed by atoms with E-state index in [2.05, 4.69) is 11.2 Å². The lowest BCUT2D eigenvalue weighted by Crippen LogP contribution is -2.38. The first-order valence-electron chi connectivity index (χ1n) is 8.74. The maximum absolute atomic E-state index is 13.3. The maximum Gasteiger partial charge on any atom is 0.435 e. The molecule has 0 amide bonds. The number of hydrogen-bond donors (Lipinski definition) is 0. The molecule has 0 saturated carbocycles. The van der Waals surface area contributed by atoms with E-state index < -0.39 is 17.4 Å². The zero-order chi connectivity index (χ0) is 19.6. The Morgan fingerprint density at radius 1 is 0.643 bits per heavy atom. The molecule has 1 aromatic heterocycles. The quantitative estimate of drug-likeness (QED) is 0.427. The van der Waals surface area contributed by atoms with E-state index in [9.17, 15) is 13.2 Å². The molecule has 0 bridgehead atoms. The summed E-state index contributed by atoms with van der Waals surface area (Å²) in [6.07, 6.45) is -3.29. The van der Waals surface area contributed by atoms with Crippen LogP contribution >= 0.6 is 0 Å². The molecule has 0 N–H and O–H groups in total. The number of aromatic nitrogens is 2. The summed E-state index contributed by atoms with van der Waals surface area (Å²) in [4.78, 5) is 0. The summed E-state index contributed by atoms with van der Waals surface area (Å²) in [6.45, 7) is 0. The molecule has 1 radical (unpaired) electrons. The summed E-state index contributed by atoms with van der Waals surface area (Å²) >= 11 is 0. The third kappa shape index (κ3) is 2.99. The van der Waals surface area contributed by atoms with Crippen LogP contribution in [0.1, 0.15) is 22.4 Å². The molecule has 2 nitrogen and oxygen atoms in total. The largest absolute Gasteiger partial charge is 0.435 e. The highest BCUT2D eigenvalue weighted by atomic mass is 19.4. The molecular formula is C23H16F3N2. The number of alkyl halides is 3. The van der Waals surface area contributed by atoms with Crippen molar-refractivity contribution >= 4 is 0 Å². The van der Waals surface area contributed by atoms with E-state index in [1.807, 2.05) is 91.0 Å². The van der Waals surface area contributed by atoms with Gasteiger partial charge in [-0.1, -0.05) is 91.0 Å². The molecular weight excluding hydrogens is 361 g/mol. The Bertz CT molecular complexity index is 943. The van der Waals surface area contributed by atoms with Crippen molar-refractivity contribution in [3.05, 3.63) is 126 Å². The van der Waals surface area contributed by atoms with Crippen LogP contribution in [0.4, 0.5) is 13.2 Å². The van der Waals surface area contributed by atoms with Crippen LogP contribution < -0.4 is 0 Å². The van der Waals surface area contributed by atoms with Gasteiger partial charge in [0.25, 0.3) is 0 Å². The highest BCUT2D eigenvalue weighted by Gasteiger charge is 2.42. The van der Waals surface area contributed by atoms with E-state index in [4.69, 9.17) is 0 Å². The number of hydrogen-bond acceptors (Lipinski definition) is 1. The SMILES string of the molecule is FC(F)(F)c1[c]cn(C(c2ccccc2)(c2ccccc2)c2ccccc2)n1. The van der Waals surface area contributed by atoms with E-state index in [1.165, 1.54) is 10.9 Å². The van der Waals surface area contributed by atoms with Crippen molar-refractivity contribution in [2.24, 2.45) is 0 Å². The van der Waals surface area contributed by atoms with Gasteiger partial charge in [-0.2, -0.15) is 18.3 Å². The van der Waals surface area contributed by atoms with Crippen LogP contribution in [0.3, 0.4) is 0 Å². The monoisotopic (exact) mass is 377 g/mol. The summed E-state index contributed by atoms with van der Waals surface area (Å²) in [5.41, 5.74) is 0.302. The fourth-order valence-corrected chi connectivity index (χ4v) is 3.53. The van der Waals surface area contributed by atoms with Gasteiger partial charge < -0.3 is 0 Å². The van der Waals surface area contributed by atoms with Gasteiger partial charge in [0.05, 0.1) is 0 Å². The maximum atomic E-state index is 13.3. The highest BCUT2D eigenvalue weighted by molar-refractivity contribution is 5.50. The van der Waals surface area contributed by atoms with Crippen LogP contribution in [0.2, 0.25) is 0 Å². The van der Waals surface area contributed by atoms with Gasteiger partial charge >= 0.3 is 6.18 Å². The summed E-state index contributed by atoms with van der Waals surface area (Å²) in [7, 11) is 0. The van der Waals surface area contributed by atoms with E-state index in [-0.39, 0.29) is 0 Å². The second-order valence-electron chi connectivity index (χ2n) is 6.37. The van der Waals surface area contributed by atoms with Gasteiger partial charge in [-0.25, -0.2) is 0 Å². The molecule has 0 spiro atoms. The van der Waals surface area contributed by atoms with Gasteiger partial charge in [-0.15, -0.1) is 0 Å². The Labute approximate surface area is 160 Å². The van der Waals surface area contributed by atoms with Crippen molar-refractivity contribution in [1.82, 2.24) is 9.78 Å². The van der Waals surface area contributed by atoms with E-state index in [1.54, 1.807) is 0 Å². The molecule has 1 heterocycles. The Morgan fingerprint density at radius 3 is 1.36 bits per heavy atom. The van der Waals surface area contributed by atoms with Crippen LogP contribution in [-0.4, -0.2) is 9.78 Å².